The van der Waals surface area contributed by atoms with Gasteiger partial charge in [0.1, 0.15) is 0 Å². The van der Waals surface area contributed by atoms with E-state index in [1.165, 1.54) is 3.08 Å². The molecule has 0 N–H and O–H groups in total. The normalized spacial score (nSPS) is 10.8. The third kappa shape index (κ3) is 13.5. The van der Waals surface area contributed by atoms with Crippen molar-refractivity contribution >= 4 is 0 Å². The van der Waals surface area contributed by atoms with Crippen molar-refractivity contribution in [3.05, 3.63) is 0 Å². The van der Waals surface area contributed by atoms with Crippen molar-refractivity contribution in [3.8, 4) is 0 Å². The van der Waals surface area contributed by atoms with E-state index in [-0.39, 0.29) is 0 Å². The van der Waals surface area contributed by atoms with Gasteiger partial charge in [0.25, 0.3) is 0 Å². The summed E-state index contributed by atoms with van der Waals surface area (Å²) in [4.78, 5) is 0. The van der Waals surface area contributed by atoms with E-state index in [1.807, 2.05) is 0 Å². The van der Waals surface area contributed by atoms with Crippen LogP contribution in [-0.4, -0.2) is 0 Å². The molecule has 0 radical (unpaired) electrons. The van der Waals surface area contributed by atoms with Crippen LogP contribution in [0.15, 0.2) is 0 Å². The molecule has 0 aliphatic rings. The molecule has 0 aromatic heterocycles. The zero-order chi connectivity index (χ0) is 3.58. The summed E-state index contributed by atoms with van der Waals surface area (Å²) in [5.74, 6) is 0. The molecular weight excluding hydrogens is 211 g/mol. The van der Waals surface area contributed by atoms with E-state index >= 15 is 0 Å². The number of hydrogen-bond acceptors (Lipinski definition) is 2. The van der Waals surface area contributed by atoms with E-state index in [1.54, 1.807) is 0 Å². The SMILES string of the molecule is [CH3][Er](=[O])=[O]. The molecule has 31 valence electrons. The Bertz CT molecular complexity index is 54.4. The third-order valence-electron chi connectivity index (χ3n) is 0. The fourth-order valence-corrected chi connectivity index (χ4v) is 0. The average Bonchev–Trinajstić information content (AvgIpc) is 0.811. The predicted molar refractivity (Wildman–Crippen MR) is 7.24 cm³/mol. The summed E-state index contributed by atoms with van der Waals surface area (Å²) < 4.78 is 19.4. The van der Waals surface area contributed by atoms with Gasteiger partial charge in [-0.1, -0.05) is 0 Å². The van der Waals surface area contributed by atoms with Crippen LogP contribution in [0, 0.1) is 31.7 Å². The second-order valence-corrected chi connectivity index (χ2v) is 2.10. The van der Waals surface area contributed by atoms with Crippen molar-refractivity contribution in [2.75, 3.05) is 0 Å². The monoisotopic (exact) mass is 213 g/mol. The molecule has 0 saturated heterocycles. The van der Waals surface area contributed by atoms with Crippen molar-refractivity contribution in [2.45, 2.75) is 3.08 Å². The van der Waals surface area contributed by atoms with Gasteiger partial charge >= 0.3 is 37.7 Å². The molecule has 0 saturated carbocycles. The van der Waals surface area contributed by atoms with Gasteiger partial charge in [0.2, 0.25) is 0 Å². The molecule has 0 amide bonds. The fourth-order valence-electron chi connectivity index (χ4n) is 0. The molecule has 3 heteroatoms. The van der Waals surface area contributed by atoms with Crippen LogP contribution in [0.2, 0.25) is 3.08 Å². The standard InChI is InChI=1S/CH3.Er.2O/h1H3;;;. The molecule has 0 heterocycles. The summed E-state index contributed by atoms with van der Waals surface area (Å²) >= 11 is -2.64. The topological polar surface area (TPSA) is 34.1 Å². The Labute approximate surface area is 37.5 Å². The maximum absolute atomic E-state index is 9.11. The molecule has 0 aliphatic carbocycles. The van der Waals surface area contributed by atoms with Gasteiger partial charge in [0, 0.05) is 0 Å². The second kappa shape index (κ2) is 2.11. The van der Waals surface area contributed by atoms with E-state index in [0.717, 1.165) is 0 Å². The van der Waals surface area contributed by atoms with Crippen molar-refractivity contribution in [3.63, 3.8) is 0 Å². The van der Waals surface area contributed by atoms with Crippen LogP contribution < -0.4 is 0 Å². The van der Waals surface area contributed by atoms with Gasteiger partial charge in [-0.25, -0.2) is 0 Å². The maximum atomic E-state index is 9.11. The van der Waals surface area contributed by atoms with Crippen LogP contribution in [0.1, 0.15) is 0 Å². The summed E-state index contributed by atoms with van der Waals surface area (Å²) in [6.45, 7) is 0. The number of hydrogen-bond donors (Lipinski definition) is 0. The summed E-state index contributed by atoms with van der Waals surface area (Å²) in [5, 5.41) is 0. The van der Waals surface area contributed by atoms with Gasteiger partial charge in [-0.05, 0) is 0 Å². The van der Waals surface area contributed by atoms with Crippen molar-refractivity contribution < 1.29 is 34.7 Å². The summed E-state index contributed by atoms with van der Waals surface area (Å²) in [5.41, 5.74) is 0. The third-order valence-corrected chi connectivity index (χ3v) is 0. The van der Waals surface area contributed by atoms with E-state index in [4.69, 9.17) is 2.97 Å². The molecule has 0 aliphatic heterocycles. The quantitative estimate of drug-likeness (QED) is 0.583. The Balaban J connectivity index is 3.51. The molecule has 0 rings (SSSR count). The molecule has 0 bridgehead atoms. The van der Waals surface area contributed by atoms with Crippen molar-refractivity contribution in [2.24, 2.45) is 0 Å². The fraction of sp³-hybridized carbons (Fsp3) is 1.00. The van der Waals surface area contributed by atoms with E-state index in [0.29, 0.717) is 0 Å². The molecule has 2 nitrogen and oxygen atoms in total. The average molecular weight is 214 g/mol. The van der Waals surface area contributed by atoms with Gasteiger partial charge in [-0.15, -0.1) is 0 Å². The Hall–Kier alpha value is 0.847. The van der Waals surface area contributed by atoms with Crippen molar-refractivity contribution in [1.82, 2.24) is 0 Å². The summed E-state index contributed by atoms with van der Waals surface area (Å²) in [6, 6.07) is 0. The minimum absolute atomic E-state index is 1.19. The predicted octanol–water partition coefficient (Wildman–Crippen LogP) is 0.346. The first kappa shape index (κ1) is 4.85. The second-order valence-electron chi connectivity index (χ2n) is 0.284. The van der Waals surface area contributed by atoms with Crippen LogP contribution in [0.25, 0.3) is 0 Å². The molecule has 0 spiro atoms. The molecule has 4 heavy (non-hydrogen) atoms. The van der Waals surface area contributed by atoms with Gasteiger partial charge < -0.3 is 0 Å². The molecule has 0 atom stereocenters. The Morgan fingerprint density at radius 2 is 1.50 bits per heavy atom. The molecule has 0 fully saturated rings. The van der Waals surface area contributed by atoms with E-state index in [2.05, 4.69) is 0 Å². The van der Waals surface area contributed by atoms with Gasteiger partial charge in [0.15, 0.2) is 0 Å². The molecule has 0 aromatic rings. The molecule has 0 aromatic carbocycles. The van der Waals surface area contributed by atoms with Gasteiger partial charge in [-0.3, -0.25) is 0 Å². The zero-order valence-corrected chi connectivity index (χ0v) is 3.96. The Morgan fingerprint density at radius 1 is 1.50 bits per heavy atom. The zero-order valence-electron chi connectivity index (χ0n) is 2.11. The Kier molecular flexibility index (Phi) is 2.55. The van der Waals surface area contributed by atoms with Gasteiger partial charge in [0.05, 0.1) is 0 Å². The van der Waals surface area contributed by atoms with Crippen LogP contribution in [0.5, 0.6) is 0 Å². The van der Waals surface area contributed by atoms with Gasteiger partial charge in [-0.2, -0.15) is 0 Å². The summed E-state index contributed by atoms with van der Waals surface area (Å²) in [6.07, 6.45) is 0. The Morgan fingerprint density at radius 3 is 1.50 bits per heavy atom. The van der Waals surface area contributed by atoms with E-state index < -0.39 is 31.7 Å². The van der Waals surface area contributed by atoms with Crippen LogP contribution in [-0.2, 0) is 2.97 Å². The van der Waals surface area contributed by atoms with Crippen molar-refractivity contribution in [1.29, 1.82) is 0 Å². The summed E-state index contributed by atoms with van der Waals surface area (Å²) in [7, 11) is 0. The first-order valence-electron chi connectivity index (χ1n) is 0.524. The van der Waals surface area contributed by atoms with Crippen LogP contribution >= 0.6 is 0 Å². The minimum atomic E-state index is -2.64. The van der Waals surface area contributed by atoms with E-state index in [9.17, 15) is 0 Å². The number of rotatable bonds is 0. The van der Waals surface area contributed by atoms with Crippen LogP contribution in [0.3, 0.4) is 0 Å². The molecule has 0 unspecified atom stereocenters. The first-order valence-corrected chi connectivity index (χ1v) is 3.89. The molecular formula is CH3ErO2. The van der Waals surface area contributed by atoms with Crippen LogP contribution in [0.4, 0.5) is 0 Å². The first-order chi connectivity index (χ1) is 1.73.